The van der Waals surface area contributed by atoms with Gasteiger partial charge in [-0.05, 0) is 26.7 Å². The summed E-state index contributed by atoms with van der Waals surface area (Å²) < 4.78 is 5.43. The van der Waals surface area contributed by atoms with Gasteiger partial charge in [0.05, 0.1) is 6.61 Å². The molecule has 0 spiro atoms. The van der Waals surface area contributed by atoms with Crippen LogP contribution in [0.5, 0.6) is 0 Å². The van der Waals surface area contributed by atoms with Crippen LogP contribution in [0, 0.1) is 0 Å². The third-order valence-corrected chi connectivity index (χ3v) is 1.93. The van der Waals surface area contributed by atoms with Gasteiger partial charge in [-0.3, -0.25) is 0 Å². The lowest BCUT2D eigenvalue weighted by atomic mass is 10.0. The zero-order valence-electron chi connectivity index (χ0n) is 7.68. The fraction of sp³-hybridized carbons (Fsp3) is 0.556. The molecule has 3 heteroatoms. The Balaban J connectivity index is 2.98. The summed E-state index contributed by atoms with van der Waals surface area (Å²) in [5, 5.41) is 0. The molecule has 1 saturated heterocycles. The van der Waals surface area contributed by atoms with E-state index in [0.29, 0.717) is 0 Å². The minimum Gasteiger partial charge on any atom is -0.491 e. The number of allylic oxidation sites excluding steroid dienone is 3. The minimum atomic E-state index is 0.717. The van der Waals surface area contributed by atoms with Gasteiger partial charge in [0.15, 0.2) is 0 Å². The molecule has 0 amide bonds. The van der Waals surface area contributed by atoms with E-state index < -0.39 is 0 Å². The highest BCUT2D eigenvalue weighted by Crippen LogP contribution is 2.25. The SMILES string of the molecule is C/C(N)=C1\CCCO\C1=C(/C)N. The summed E-state index contributed by atoms with van der Waals surface area (Å²) in [6.45, 7) is 4.47. The number of nitrogens with two attached hydrogens (primary N) is 2. The molecule has 0 radical (unpaired) electrons. The van der Waals surface area contributed by atoms with Crippen LogP contribution in [0.3, 0.4) is 0 Å². The van der Waals surface area contributed by atoms with Gasteiger partial charge in [-0.1, -0.05) is 0 Å². The monoisotopic (exact) mass is 168 g/mol. The second-order valence-electron chi connectivity index (χ2n) is 3.13. The zero-order valence-corrected chi connectivity index (χ0v) is 7.68. The molecule has 0 unspecified atom stereocenters. The zero-order chi connectivity index (χ0) is 9.14. The lowest BCUT2D eigenvalue weighted by molar-refractivity contribution is 0.189. The average Bonchev–Trinajstić information content (AvgIpc) is 2.04. The molecule has 3 nitrogen and oxygen atoms in total. The summed E-state index contributed by atoms with van der Waals surface area (Å²) in [6.07, 6.45) is 2.01. The van der Waals surface area contributed by atoms with Crippen molar-refractivity contribution in [1.29, 1.82) is 0 Å². The second kappa shape index (κ2) is 3.52. The quantitative estimate of drug-likeness (QED) is 0.571. The van der Waals surface area contributed by atoms with Gasteiger partial charge in [0.2, 0.25) is 0 Å². The van der Waals surface area contributed by atoms with E-state index in [1.54, 1.807) is 0 Å². The normalized spacial score (nSPS) is 26.2. The first kappa shape index (κ1) is 8.97. The van der Waals surface area contributed by atoms with E-state index in [1.165, 1.54) is 0 Å². The van der Waals surface area contributed by atoms with Crippen molar-refractivity contribution in [2.45, 2.75) is 26.7 Å². The van der Waals surface area contributed by atoms with Crippen molar-refractivity contribution in [1.82, 2.24) is 0 Å². The van der Waals surface area contributed by atoms with Crippen LogP contribution in [-0.2, 0) is 4.74 Å². The van der Waals surface area contributed by atoms with Crippen molar-refractivity contribution in [3.8, 4) is 0 Å². The standard InChI is InChI=1S/C9H16N2O/c1-6(10)8-4-3-5-12-9(8)7(2)11/h3-5,10-11H2,1-2H3/b8-6-,9-7+. The Morgan fingerprint density at radius 3 is 2.33 bits per heavy atom. The van der Waals surface area contributed by atoms with E-state index in [1.807, 2.05) is 13.8 Å². The maximum absolute atomic E-state index is 5.71. The number of ether oxygens (including phenoxy) is 1. The molecule has 0 bridgehead atoms. The Morgan fingerprint density at radius 1 is 1.25 bits per heavy atom. The third kappa shape index (κ3) is 1.72. The van der Waals surface area contributed by atoms with Crippen LogP contribution >= 0.6 is 0 Å². The van der Waals surface area contributed by atoms with Gasteiger partial charge in [0.1, 0.15) is 5.76 Å². The molecule has 1 aliphatic heterocycles. The molecule has 68 valence electrons. The summed E-state index contributed by atoms with van der Waals surface area (Å²) >= 11 is 0. The van der Waals surface area contributed by atoms with Gasteiger partial charge in [-0.15, -0.1) is 0 Å². The van der Waals surface area contributed by atoms with Crippen LogP contribution in [0.1, 0.15) is 26.7 Å². The Labute approximate surface area is 73.1 Å². The van der Waals surface area contributed by atoms with E-state index in [4.69, 9.17) is 16.2 Å². The fourth-order valence-electron chi connectivity index (χ4n) is 1.35. The van der Waals surface area contributed by atoms with Crippen LogP contribution in [0.4, 0.5) is 0 Å². The molecule has 1 heterocycles. The fourth-order valence-corrected chi connectivity index (χ4v) is 1.35. The van der Waals surface area contributed by atoms with E-state index in [9.17, 15) is 0 Å². The number of hydrogen-bond acceptors (Lipinski definition) is 3. The van der Waals surface area contributed by atoms with E-state index in [0.717, 1.165) is 42.2 Å². The van der Waals surface area contributed by atoms with E-state index in [-0.39, 0.29) is 0 Å². The lowest BCUT2D eigenvalue weighted by Gasteiger charge is -2.21. The third-order valence-electron chi connectivity index (χ3n) is 1.93. The van der Waals surface area contributed by atoms with Crippen molar-refractivity contribution >= 4 is 0 Å². The first-order valence-corrected chi connectivity index (χ1v) is 4.17. The van der Waals surface area contributed by atoms with E-state index >= 15 is 0 Å². The molecule has 0 aromatic rings. The molecular weight excluding hydrogens is 152 g/mol. The van der Waals surface area contributed by atoms with Crippen molar-refractivity contribution in [2.24, 2.45) is 11.5 Å². The topological polar surface area (TPSA) is 61.3 Å². The molecule has 12 heavy (non-hydrogen) atoms. The predicted molar refractivity (Wildman–Crippen MR) is 49.0 cm³/mol. The van der Waals surface area contributed by atoms with Crippen molar-refractivity contribution in [3.63, 3.8) is 0 Å². The van der Waals surface area contributed by atoms with Gasteiger partial charge < -0.3 is 16.2 Å². The largest absolute Gasteiger partial charge is 0.491 e. The lowest BCUT2D eigenvalue weighted by Crippen LogP contribution is -2.15. The molecule has 1 aliphatic rings. The Kier molecular flexibility index (Phi) is 2.63. The highest BCUT2D eigenvalue weighted by Gasteiger charge is 2.16. The van der Waals surface area contributed by atoms with Crippen LogP contribution in [-0.4, -0.2) is 6.61 Å². The molecule has 4 N–H and O–H groups in total. The van der Waals surface area contributed by atoms with Crippen LogP contribution < -0.4 is 11.5 Å². The average molecular weight is 168 g/mol. The van der Waals surface area contributed by atoms with Crippen LogP contribution in [0.15, 0.2) is 22.7 Å². The Hall–Kier alpha value is -1.12. The van der Waals surface area contributed by atoms with Gasteiger partial charge in [0, 0.05) is 17.0 Å². The summed E-state index contributed by atoms with van der Waals surface area (Å²) in [5.41, 5.74) is 14.0. The van der Waals surface area contributed by atoms with Crippen LogP contribution in [0.25, 0.3) is 0 Å². The molecule has 0 aromatic heterocycles. The van der Waals surface area contributed by atoms with E-state index in [2.05, 4.69) is 0 Å². The van der Waals surface area contributed by atoms with Crippen molar-refractivity contribution < 1.29 is 4.74 Å². The Morgan fingerprint density at radius 2 is 1.92 bits per heavy atom. The summed E-state index contributed by atoms with van der Waals surface area (Å²) in [6, 6.07) is 0. The molecular formula is C9H16N2O. The maximum Gasteiger partial charge on any atom is 0.142 e. The molecule has 1 fully saturated rings. The molecule has 0 aromatic carbocycles. The van der Waals surface area contributed by atoms with Gasteiger partial charge >= 0.3 is 0 Å². The summed E-state index contributed by atoms with van der Waals surface area (Å²) in [4.78, 5) is 0. The smallest absolute Gasteiger partial charge is 0.142 e. The second-order valence-corrected chi connectivity index (χ2v) is 3.13. The molecule has 0 atom stereocenters. The summed E-state index contributed by atoms with van der Waals surface area (Å²) in [5.74, 6) is 0.793. The molecule has 1 rings (SSSR count). The maximum atomic E-state index is 5.71. The van der Waals surface area contributed by atoms with Crippen molar-refractivity contribution in [2.75, 3.05) is 6.61 Å². The van der Waals surface area contributed by atoms with Gasteiger partial charge in [0.25, 0.3) is 0 Å². The molecule has 0 aliphatic carbocycles. The van der Waals surface area contributed by atoms with Crippen LogP contribution in [0.2, 0.25) is 0 Å². The first-order chi connectivity index (χ1) is 5.63. The minimum absolute atomic E-state index is 0.717. The first-order valence-electron chi connectivity index (χ1n) is 4.17. The number of rotatable bonds is 0. The predicted octanol–water partition coefficient (Wildman–Crippen LogP) is 1.22. The van der Waals surface area contributed by atoms with Crippen molar-refractivity contribution in [3.05, 3.63) is 22.7 Å². The Bertz CT molecular complexity index is 207. The van der Waals surface area contributed by atoms with Gasteiger partial charge in [-0.2, -0.15) is 0 Å². The highest BCUT2D eigenvalue weighted by atomic mass is 16.5. The number of hydrogen-bond donors (Lipinski definition) is 2. The van der Waals surface area contributed by atoms with Gasteiger partial charge in [-0.25, -0.2) is 0 Å². The summed E-state index contributed by atoms with van der Waals surface area (Å²) in [7, 11) is 0. The molecule has 0 saturated carbocycles. The highest BCUT2D eigenvalue weighted by molar-refractivity contribution is 5.32.